The van der Waals surface area contributed by atoms with Crippen molar-refractivity contribution in [2.24, 2.45) is 10.9 Å². The number of aromatic amines is 1. The van der Waals surface area contributed by atoms with Gasteiger partial charge in [-0.25, -0.2) is 31.9 Å². The predicted molar refractivity (Wildman–Crippen MR) is 124 cm³/mol. The smallest absolute Gasteiger partial charge is 0.439 e. The van der Waals surface area contributed by atoms with E-state index < -0.39 is 53.8 Å². The van der Waals surface area contributed by atoms with Gasteiger partial charge < -0.3 is 4.74 Å². The number of nitrogens with two attached hydrogens (primary N) is 2. The van der Waals surface area contributed by atoms with Gasteiger partial charge in [0.05, 0.1) is 10.4 Å². The number of sulfone groups is 1. The van der Waals surface area contributed by atoms with Gasteiger partial charge in [-0.05, 0) is 39.8 Å². The first kappa shape index (κ1) is 27.0. The number of carbonyl (C=O) groups excluding carboxylic acids is 1. The van der Waals surface area contributed by atoms with Crippen LogP contribution in [0.25, 0.3) is 33.4 Å². The summed E-state index contributed by atoms with van der Waals surface area (Å²) in [6.07, 6.45) is -6.19. The Morgan fingerprint density at radius 1 is 1.11 bits per heavy atom. The molecule has 0 spiro atoms. The number of pyridine rings is 1. The summed E-state index contributed by atoms with van der Waals surface area (Å²) in [7, 11) is -9.70. The Morgan fingerprint density at radius 2 is 1.84 bits per heavy atom. The zero-order valence-electron chi connectivity index (χ0n) is 18.7. The van der Waals surface area contributed by atoms with Crippen LogP contribution in [0.1, 0.15) is 0 Å². The van der Waals surface area contributed by atoms with Gasteiger partial charge >= 0.3 is 12.1 Å². The van der Waals surface area contributed by atoms with Crippen LogP contribution in [0.3, 0.4) is 0 Å². The molecule has 13 nitrogen and oxygen atoms in total. The summed E-state index contributed by atoms with van der Waals surface area (Å²) in [4.78, 5) is 13.4. The molecule has 0 radical (unpaired) electrons. The molecule has 38 heavy (non-hydrogen) atoms. The number of fused-ring (bicyclic) bond motifs is 1. The number of alkyl halides is 3. The number of hydrogen-bond acceptors (Lipinski definition) is 11. The van der Waals surface area contributed by atoms with Gasteiger partial charge in [0, 0.05) is 17.1 Å². The van der Waals surface area contributed by atoms with Crippen LogP contribution in [0, 0.1) is 0 Å². The molecule has 0 saturated heterocycles. The Labute approximate surface area is 212 Å². The molecule has 0 fully saturated rings. The van der Waals surface area contributed by atoms with Gasteiger partial charge in [-0.1, -0.05) is 24.3 Å². The fraction of sp³-hybridized carbons (Fsp3) is 0.150. The van der Waals surface area contributed by atoms with E-state index in [1.807, 2.05) is 0 Å². The summed E-state index contributed by atoms with van der Waals surface area (Å²) < 4.78 is 93.2. The van der Waals surface area contributed by atoms with E-state index in [4.69, 9.17) is 10.9 Å². The highest BCUT2D eigenvalue weighted by Gasteiger charge is 2.43. The highest BCUT2D eigenvalue weighted by atomic mass is 32.2. The molecule has 4 aromatic rings. The van der Waals surface area contributed by atoms with Crippen molar-refractivity contribution in [3.05, 3.63) is 48.7 Å². The fourth-order valence-electron chi connectivity index (χ4n) is 3.61. The van der Waals surface area contributed by atoms with Crippen LogP contribution in [0.4, 0.5) is 13.2 Å². The Kier molecular flexibility index (Phi) is 6.91. The van der Waals surface area contributed by atoms with Crippen molar-refractivity contribution in [1.29, 1.82) is 0 Å². The molecule has 200 valence electrons. The molecule has 5 N–H and O–H groups in total. The van der Waals surface area contributed by atoms with Crippen LogP contribution < -0.4 is 10.9 Å². The lowest BCUT2D eigenvalue weighted by Crippen LogP contribution is -2.39. The van der Waals surface area contributed by atoms with Crippen LogP contribution in [0.15, 0.2) is 58.5 Å². The van der Waals surface area contributed by atoms with Gasteiger partial charge in [-0.15, -0.1) is 5.10 Å². The topological polar surface area (TPSA) is 214 Å². The number of tetrazole rings is 1. The second-order valence-corrected chi connectivity index (χ2v) is 11.2. The minimum atomic E-state index is -5.43. The van der Waals surface area contributed by atoms with Crippen molar-refractivity contribution in [3.8, 4) is 22.5 Å². The number of sulfonamides is 1. The van der Waals surface area contributed by atoms with Crippen molar-refractivity contribution in [2.75, 3.05) is 5.75 Å². The Bertz CT molecular complexity index is 1740. The number of H-pyrrole nitrogens is 1. The number of nitrogens with one attached hydrogen (secondary N) is 1. The molecule has 18 heteroatoms. The van der Waals surface area contributed by atoms with E-state index in [1.165, 1.54) is 12.3 Å². The Hall–Kier alpha value is -4.00. The van der Waals surface area contributed by atoms with Crippen LogP contribution in [-0.2, 0) is 29.4 Å². The number of rotatable bonds is 7. The first-order chi connectivity index (χ1) is 17.7. The number of esters is 1. The zero-order valence-corrected chi connectivity index (χ0v) is 20.4. The van der Waals surface area contributed by atoms with Gasteiger partial charge in [-0.2, -0.15) is 13.2 Å². The van der Waals surface area contributed by atoms with Crippen molar-refractivity contribution < 1.29 is 39.5 Å². The normalized spacial score (nSPS) is 13.4. The zero-order chi connectivity index (χ0) is 27.9. The summed E-state index contributed by atoms with van der Waals surface area (Å²) in [6, 6.07) is 10.5. The van der Waals surface area contributed by atoms with E-state index in [9.17, 15) is 34.8 Å². The average molecular weight is 572 g/mol. The van der Waals surface area contributed by atoms with Gasteiger partial charge in [0.1, 0.15) is 10.6 Å². The highest BCUT2D eigenvalue weighted by Crippen LogP contribution is 2.39. The largest absolute Gasteiger partial charge is 0.490 e. The van der Waals surface area contributed by atoms with Gasteiger partial charge in [0.25, 0.3) is 0 Å². The van der Waals surface area contributed by atoms with Crippen LogP contribution in [0.5, 0.6) is 0 Å². The molecule has 0 aliphatic heterocycles. The van der Waals surface area contributed by atoms with Crippen LogP contribution >= 0.6 is 0 Å². The van der Waals surface area contributed by atoms with Crippen molar-refractivity contribution >= 4 is 36.7 Å². The number of benzene rings is 2. The van der Waals surface area contributed by atoms with E-state index in [1.54, 1.807) is 30.3 Å². The third-order valence-corrected chi connectivity index (χ3v) is 8.01. The van der Waals surface area contributed by atoms with Crippen molar-refractivity contribution in [3.63, 3.8) is 0 Å². The minimum absolute atomic E-state index is 0.131. The van der Waals surface area contributed by atoms with Gasteiger partial charge in [0.2, 0.25) is 10.0 Å². The molecule has 0 bridgehead atoms. The highest BCUT2D eigenvalue weighted by molar-refractivity contribution is 7.93. The van der Waals surface area contributed by atoms with E-state index in [0.29, 0.717) is 11.1 Å². The standard InChI is InChI=1S/C20H16F3N7O6S2/c21-20(22,23)19(31)36-15(24)9-37(32,33)14-6-5-12(11-4-3-10-2-1-7-26-13(10)8-11)16(17(14)38(25,34)35)18-27-29-30-28-18/h1-8,15H,9,24H2,(H2,25,34,35)(H,27,28,29,30). The second-order valence-electron chi connectivity index (χ2n) is 7.74. The third-order valence-electron chi connectivity index (χ3n) is 5.11. The van der Waals surface area contributed by atoms with Crippen LogP contribution in [0.2, 0.25) is 0 Å². The Morgan fingerprint density at radius 3 is 2.47 bits per heavy atom. The van der Waals surface area contributed by atoms with E-state index in [-0.39, 0.29) is 17.0 Å². The van der Waals surface area contributed by atoms with E-state index >= 15 is 0 Å². The molecule has 0 amide bonds. The number of ether oxygens (including phenoxy) is 1. The fourth-order valence-corrected chi connectivity index (χ4v) is 6.52. The lowest BCUT2D eigenvalue weighted by Gasteiger charge is -2.18. The maximum absolute atomic E-state index is 13.1. The number of primary sulfonamides is 1. The maximum atomic E-state index is 13.1. The molecule has 0 aliphatic rings. The summed E-state index contributed by atoms with van der Waals surface area (Å²) >= 11 is 0. The predicted octanol–water partition coefficient (Wildman–Crippen LogP) is 0.893. The molecule has 2 aromatic heterocycles. The molecular formula is C20H16F3N7O6S2. The monoisotopic (exact) mass is 571 g/mol. The lowest BCUT2D eigenvalue weighted by molar-refractivity contribution is -0.203. The summed E-state index contributed by atoms with van der Waals surface area (Å²) in [5.74, 6) is -4.40. The van der Waals surface area contributed by atoms with Gasteiger partial charge in [-0.3, -0.25) is 10.7 Å². The maximum Gasteiger partial charge on any atom is 0.490 e. The number of carbonyl (C=O) groups is 1. The molecule has 0 saturated carbocycles. The average Bonchev–Trinajstić information content (AvgIpc) is 3.36. The summed E-state index contributed by atoms with van der Waals surface area (Å²) in [6.45, 7) is 0. The van der Waals surface area contributed by atoms with Crippen LogP contribution in [-0.4, -0.2) is 66.6 Å². The molecule has 4 rings (SSSR count). The first-order valence-electron chi connectivity index (χ1n) is 10.2. The second kappa shape index (κ2) is 9.71. The van der Waals surface area contributed by atoms with Crippen molar-refractivity contribution in [1.82, 2.24) is 25.6 Å². The van der Waals surface area contributed by atoms with E-state index in [0.717, 1.165) is 11.5 Å². The Balaban J connectivity index is 1.92. The molecule has 1 atom stereocenters. The quantitative estimate of drug-likeness (QED) is 0.209. The third kappa shape index (κ3) is 5.47. The van der Waals surface area contributed by atoms with E-state index in [2.05, 4.69) is 30.3 Å². The minimum Gasteiger partial charge on any atom is -0.439 e. The number of halogens is 3. The number of nitrogens with zero attached hydrogens (tertiary/aromatic N) is 4. The molecule has 2 aromatic carbocycles. The summed E-state index contributed by atoms with van der Waals surface area (Å²) in [5, 5.41) is 19.0. The molecular weight excluding hydrogens is 555 g/mol. The molecule has 2 heterocycles. The number of hydrogen-bond donors (Lipinski definition) is 3. The molecule has 1 unspecified atom stereocenters. The lowest BCUT2D eigenvalue weighted by atomic mass is 9.98. The van der Waals surface area contributed by atoms with Gasteiger partial charge in [0.15, 0.2) is 21.9 Å². The van der Waals surface area contributed by atoms with Crippen molar-refractivity contribution in [2.45, 2.75) is 22.2 Å². The first-order valence-corrected chi connectivity index (χ1v) is 13.4. The SMILES string of the molecule is NC(CS(=O)(=O)c1ccc(-c2ccc3cccnc3c2)c(-c2nnn[nH]2)c1S(N)(=O)=O)OC(=O)C(F)(F)F. The summed E-state index contributed by atoms with van der Waals surface area (Å²) in [5.41, 5.74) is 6.01. The number of aromatic nitrogens is 5. The molecule has 0 aliphatic carbocycles.